The Labute approximate surface area is 660 Å². The van der Waals surface area contributed by atoms with Gasteiger partial charge in [-0.05, 0) is 113 Å². The molecule has 12 atom stereocenters. The number of rotatable bonds is 45. The van der Waals surface area contributed by atoms with Crippen LogP contribution >= 0.6 is 0 Å². The first-order valence-corrected chi connectivity index (χ1v) is 37.2. The monoisotopic (exact) mass is 1590 g/mol. The molecule has 0 unspecified atom stereocenters. The van der Waals surface area contributed by atoms with Gasteiger partial charge in [0, 0.05) is 80.3 Å². The molecule has 5 amide bonds. The topological polar surface area (TPSA) is 562 Å². The molecule has 0 radical (unpaired) electrons. The van der Waals surface area contributed by atoms with Gasteiger partial charge in [0.05, 0.1) is 97.5 Å². The molecule has 2 aliphatic rings. The van der Waals surface area contributed by atoms with Crippen molar-refractivity contribution in [1.82, 2.24) is 61.5 Å². The minimum Gasteiger partial charge on any atom is -0.492 e. The van der Waals surface area contributed by atoms with Crippen LogP contribution in [0.2, 0.25) is 0 Å². The van der Waals surface area contributed by atoms with E-state index in [0.717, 1.165) is 17.6 Å². The lowest BCUT2D eigenvalue weighted by Crippen LogP contribution is -2.51. The van der Waals surface area contributed by atoms with Crippen molar-refractivity contribution in [1.29, 1.82) is 0 Å². The number of fused-ring (bicyclic) bond motifs is 1. The number of amides is 5. The van der Waals surface area contributed by atoms with Gasteiger partial charge in [-0.15, -0.1) is 5.10 Å². The lowest BCUT2D eigenvalue weighted by atomic mass is 9.87. The third-order valence-corrected chi connectivity index (χ3v) is 18.7. The van der Waals surface area contributed by atoms with Crippen molar-refractivity contribution in [2.75, 3.05) is 17.6 Å². The molecular formula is C79H96N14O22. The lowest BCUT2D eigenvalue weighted by molar-refractivity contribution is -0.146. The van der Waals surface area contributed by atoms with E-state index in [9.17, 15) is 98.1 Å². The molecule has 36 heteroatoms. The second-order valence-electron chi connectivity index (χ2n) is 28.2. The first-order chi connectivity index (χ1) is 54.7. The van der Waals surface area contributed by atoms with Gasteiger partial charge in [0.15, 0.2) is 16.9 Å². The maximum absolute atomic E-state index is 13.8. The fourth-order valence-corrected chi connectivity index (χ4v) is 12.7. The number of cyclic esters (lactones) is 1. The zero-order valence-electron chi connectivity index (χ0n) is 64.0. The van der Waals surface area contributed by atoms with Gasteiger partial charge in [0.25, 0.3) is 11.8 Å². The van der Waals surface area contributed by atoms with Crippen LogP contribution in [0.15, 0.2) is 133 Å². The number of carbonyl (C=O) groups excluding carboxylic acids is 8. The van der Waals surface area contributed by atoms with Crippen LogP contribution in [0.25, 0.3) is 16.9 Å². The maximum atomic E-state index is 13.8. The first-order valence-electron chi connectivity index (χ1n) is 37.2. The number of aliphatic hydroxyl groups excluding tert-OH is 1. The number of aliphatic carboxylic acids is 5. The Bertz CT molecular complexity index is 4540. The third-order valence-electron chi connectivity index (χ3n) is 18.7. The second kappa shape index (κ2) is 43.9. The molecule has 0 bridgehead atoms. The summed E-state index contributed by atoms with van der Waals surface area (Å²) in [6.45, 7) is 10.0. The van der Waals surface area contributed by atoms with Crippen molar-refractivity contribution < 1.29 is 108 Å². The molecule has 0 spiro atoms. The van der Waals surface area contributed by atoms with Crippen molar-refractivity contribution in [2.45, 2.75) is 186 Å². The SMILES string of the molecule is C/C=C/[C@@H]1O[C@H]([C@@H](/C=C/C=C(\C)C[C@@H](C)/C=C(C)\C=C\[C@H]2CC=CC(=O)O2)NC(=O)CCc2cn(-c3ccc(C(=O)NCCCC[C@H](NC(=O)[C@H](CC(=O)O)CC(=O)[C@H](CC(=O)O)NC(=O)[C@@H](CC(=O)O)CC(=O)CC[C@H](NC(=O)c4ccc(NCc5cnc6nc(N)nc(O)c6n5)cc4)C(=O)O)C(=O)O)cc3)nn2)C[C@@H](O)[C@@H]1C. The molecule has 15 N–H and O–H groups in total. The summed E-state index contributed by atoms with van der Waals surface area (Å²) in [6, 6.07) is 6.03. The number of aliphatic hydroxyl groups is 1. The van der Waals surface area contributed by atoms with Crippen LogP contribution in [-0.4, -0.2) is 203 Å². The average molecular weight is 1590 g/mol. The zero-order valence-corrected chi connectivity index (χ0v) is 64.0. The van der Waals surface area contributed by atoms with Gasteiger partial charge in [-0.2, -0.15) is 9.97 Å². The molecule has 5 aromatic rings. The maximum Gasteiger partial charge on any atom is 0.331 e. The quantitative estimate of drug-likeness (QED) is 0.0104. The molecule has 3 aromatic heterocycles. The van der Waals surface area contributed by atoms with Crippen molar-refractivity contribution in [3.05, 3.63) is 155 Å². The van der Waals surface area contributed by atoms with E-state index in [1.54, 1.807) is 24.4 Å². The number of hydrogen-bond acceptors (Lipinski definition) is 25. The number of hydrogen-bond donors (Lipinski definition) is 14. The molecule has 2 aromatic carbocycles. The van der Waals surface area contributed by atoms with E-state index in [0.29, 0.717) is 35.6 Å². The van der Waals surface area contributed by atoms with E-state index in [1.165, 1.54) is 53.4 Å². The van der Waals surface area contributed by atoms with Gasteiger partial charge in [0.1, 0.15) is 24.0 Å². The number of Topliss-reactive ketones (excluding diaryl/α,β-unsaturated/α-hetero) is 2. The summed E-state index contributed by atoms with van der Waals surface area (Å²) in [6.07, 6.45) is 15.3. The first kappa shape index (κ1) is 89.5. The molecule has 115 heavy (non-hydrogen) atoms. The highest BCUT2D eigenvalue weighted by Crippen LogP contribution is 2.30. The van der Waals surface area contributed by atoms with E-state index in [-0.39, 0.29) is 109 Å². The van der Waals surface area contributed by atoms with Crippen LogP contribution in [0, 0.1) is 23.7 Å². The Kier molecular flexibility index (Phi) is 34.2. The van der Waals surface area contributed by atoms with Crippen LogP contribution in [-0.2, 0) is 75.2 Å². The molecule has 0 saturated carbocycles. The predicted octanol–water partition coefficient (Wildman–Crippen LogP) is 5.14. The largest absolute Gasteiger partial charge is 0.492 e. The Balaban J connectivity index is 0.851. The Morgan fingerprint density at radius 2 is 1.38 bits per heavy atom. The molecule has 1 fully saturated rings. The summed E-state index contributed by atoms with van der Waals surface area (Å²) in [7, 11) is 0. The van der Waals surface area contributed by atoms with E-state index >= 15 is 0 Å². The number of nitrogens with two attached hydrogens (primary N) is 1. The summed E-state index contributed by atoms with van der Waals surface area (Å²) in [4.78, 5) is 183. The number of esters is 1. The summed E-state index contributed by atoms with van der Waals surface area (Å²) in [5, 5.41) is 94.2. The smallest absolute Gasteiger partial charge is 0.331 e. The van der Waals surface area contributed by atoms with Crippen LogP contribution in [0.4, 0.5) is 11.6 Å². The van der Waals surface area contributed by atoms with Crippen molar-refractivity contribution in [3.63, 3.8) is 0 Å². The number of unbranched alkanes of at least 4 members (excludes halogenated alkanes) is 1. The average Bonchev–Trinajstić information content (AvgIpc) is 0.987. The van der Waals surface area contributed by atoms with E-state index in [2.05, 4.69) is 75.1 Å². The van der Waals surface area contributed by atoms with Crippen LogP contribution in [0.1, 0.15) is 157 Å². The molecule has 614 valence electrons. The number of allylic oxidation sites excluding steroid dienone is 7. The van der Waals surface area contributed by atoms with Gasteiger partial charge in [-0.1, -0.05) is 78.8 Å². The number of nitrogen functional groups attached to an aromatic ring is 1. The molecule has 2 aliphatic heterocycles. The molecular weight excluding hydrogens is 1500 g/mol. The highest BCUT2D eigenvalue weighted by atomic mass is 16.5. The van der Waals surface area contributed by atoms with E-state index < -0.39 is 164 Å². The molecule has 0 aliphatic carbocycles. The Morgan fingerprint density at radius 3 is 2.04 bits per heavy atom. The van der Waals surface area contributed by atoms with Crippen molar-refractivity contribution >= 4 is 99.7 Å². The molecule has 36 nitrogen and oxygen atoms in total. The number of benzene rings is 2. The number of nitrogens with zero attached hydrogens (tertiary/aromatic N) is 7. The summed E-state index contributed by atoms with van der Waals surface area (Å²) in [5.41, 5.74) is 9.88. The normalized spacial score (nSPS) is 18.3. The molecule has 1 saturated heterocycles. The molecule has 5 heterocycles. The van der Waals surface area contributed by atoms with Gasteiger partial charge in [0.2, 0.25) is 29.5 Å². The summed E-state index contributed by atoms with van der Waals surface area (Å²) in [5.74, 6) is -19.0. The van der Waals surface area contributed by atoms with E-state index in [4.69, 9.17) is 15.2 Å². The van der Waals surface area contributed by atoms with E-state index in [1.807, 2.05) is 70.2 Å². The fourth-order valence-electron chi connectivity index (χ4n) is 12.7. The number of anilines is 2. The van der Waals surface area contributed by atoms with Gasteiger partial charge in [-0.25, -0.2) is 29.0 Å². The van der Waals surface area contributed by atoms with Crippen LogP contribution < -0.4 is 37.6 Å². The number of aromatic nitrogens is 7. The second-order valence-corrected chi connectivity index (χ2v) is 28.2. The summed E-state index contributed by atoms with van der Waals surface area (Å²) < 4.78 is 13.3. The van der Waals surface area contributed by atoms with Gasteiger partial charge in [-0.3, -0.25) is 47.9 Å². The van der Waals surface area contributed by atoms with Gasteiger partial charge >= 0.3 is 35.8 Å². The fraction of sp³-hybridized carbons (Fsp3) is 0.430. The minimum absolute atomic E-state index is 0.00354. The third kappa shape index (κ3) is 29.4. The number of aryl methyl sites for hydroxylation is 1. The number of carbonyl (C=O) groups is 13. The van der Waals surface area contributed by atoms with Crippen molar-refractivity contribution in [2.24, 2.45) is 23.7 Å². The van der Waals surface area contributed by atoms with Crippen LogP contribution in [0.3, 0.4) is 0 Å². The summed E-state index contributed by atoms with van der Waals surface area (Å²) >= 11 is 0. The Hall–Kier alpha value is -12.7. The molecule has 7 rings (SSSR count). The Morgan fingerprint density at radius 1 is 0.730 bits per heavy atom. The zero-order chi connectivity index (χ0) is 84.0. The van der Waals surface area contributed by atoms with Gasteiger partial charge < -0.3 is 82.9 Å². The number of aromatic hydroxyl groups is 1. The number of carboxylic acid groups (broad SMARTS) is 5. The highest BCUT2D eigenvalue weighted by Gasteiger charge is 2.39. The predicted molar refractivity (Wildman–Crippen MR) is 412 cm³/mol. The highest BCUT2D eigenvalue weighted by molar-refractivity contribution is 5.99. The minimum atomic E-state index is -2.05. The number of ether oxygens (including phenoxy) is 2. The lowest BCUT2D eigenvalue weighted by Gasteiger charge is -2.39. The number of nitrogens with one attached hydrogen (secondary N) is 6. The number of carboxylic acids is 5. The van der Waals surface area contributed by atoms with Crippen molar-refractivity contribution in [3.8, 4) is 11.6 Å². The number of ketones is 2. The standard InChI is InChI=1S/C79H96N14O22/c1-6-11-63-46(5)61(95)39-64(115-63)57(15-9-12-43(2)32-45(4)33-44(3)17-28-56-13-10-16-69(104)114-56)85-65(97)30-24-52-42-93(92-91-52)54-25-20-47(21-26-54)72(105)81-31-8-7-14-58(77(110)111)86-75(108)50(37-67(100)101)35-62(96)60(38-68(102)103)88-74(107)49(36-66(98)99)34-55(94)27-29-59(78(112)113)87-73(106)48-18-22-51(23-19-48)82-40-53-41-83-71-70(84-53)76(109)90-79(80)89-71/h6,9-12,15-23,25-26,28,33,41-42,45-46,49-50,56-61,63-64,82,95H,7-8,13-14,24,27,29-32,34-40H2,1-5H3,(H,81,105)(H,85,97)(H,86,108)(H,87,106)(H,88,107)(H,98,99)(H,100,101)(H,102,103)(H,110,111)(H,112,113)(H3,80,83,89,90,109)/b11-6+,15-9+,28-17+,43-12+,44-33-/t45-,46+,49-,50+,56-,57-,58+,59+,60+,61-,63+,64+/m1/s1. The van der Waals surface area contributed by atoms with Crippen LogP contribution in [0.5, 0.6) is 5.88 Å².